The first-order valence-corrected chi connectivity index (χ1v) is 8.66. The molecule has 0 aliphatic carbocycles. The Morgan fingerprint density at radius 2 is 1.85 bits per heavy atom. The lowest BCUT2D eigenvalue weighted by atomic mass is 10.1. The molecular formula is C21H23N3O2. The Kier molecular flexibility index (Phi) is 6.17. The fourth-order valence-electron chi connectivity index (χ4n) is 2.80. The fourth-order valence-corrected chi connectivity index (χ4v) is 2.80. The molecule has 134 valence electrons. The number of hydrogen-bond donors (Lipinski definition) is 1. The summed E-state index contributed by atoms with van der Waals surface area (Å²) in [6, 6.07) is 17.7. The van der Waals surface area contributed by atoms with Gasteiger partial charge in [-0.05, 0) is 23.3 Å². The molecule has 3 rings (SSSR count). The summed E-state index contributed by atoms with van der Waals surface area (Å²) in [7, 11) is 1.66. The van der Waals surface area contributed by atoms with Gasteiger partial charge in [-0.3, -0.25) is 4.79 Å². The number of carbonyl (C=O) groups excluding carboxylic acids is 1. The van der Waals surface area contributed by atoms with Crippen LogP contribution in [0.1, 0.15) is 27.3 Å². The van der Waals surface area contributed by atoms with Crippen LogP contribution in [0.4, 0.5) is 0 Å². The van der Waals surface area contributed by atoms with E-state index in [1.54, 1.807) is 13.3 Å². The first-order valence-electron chi connectivity index (χ1n) is 8.66. The molecule has 0 saturated heterocycles. The van der Waals surface area contributed by atoms with Crippen LogP contribution in [0.25, 0.3) is 0 Å². The average Bonchev–Trinajstić information content (AvgIpc) is 3.10. The van der Waals surface area contributed by atoms with Crippen molar-refractivity contribution in [2.75, 3.05) is 13.7 Å². The Morgan fingerprint density at radius 3 is 2.58 bits per heavy atom. The van der Waals surface area contributed by atoms with Crippen LogP contribution in [0, 0.1) is 0 Å². The zero-order valence-corrected chi connectivity index (χ0v) is 14.9. The van der Waals surface area contributed by atoms with Gasteiger partial charge in [-0.25, -0.2) is 4.98 Å². The van der Waals surface area contributed by atoms with E-state index >= 15 is 0 Å². The Hall–Kier alpha value is -2.92. The predicted molar refractivity (Wildman–Crippen MR) is 101 cm³/mol. The van der Waals surface area contributed by atoms with Crippen molar-refractivity contribution in [1.29, 1.82) is 0 Å². The zero-order chi connectivity index (χ0) is 18.2. The number of nitrogens with zero attached hydrogens (tertiary/aromatic N) is 2. The van der Waals surface area contributed by atoms with Gasteiger partial charge in [-0.15, -0.1) is 0 Å². The van der Waals surface area contributed by atoms with Crippen molar-refractivity contribution >= 4 is 5.91 Å². The summed E-state index contributed by atoms with van der Waals surface area (Å²) < 4.78 is 7.19. The van der Waals surface area contributed by atoms with Crippen LogP contribution in [-0.4, -0.2) is 29.1 Å². The number of benzene rings is 2. The first-order chi connectivity index (χ1) is 12.8. The summed E-state index contributed by atoms with van der Waals surface area (Å²) in [6.45, 7) is 1.88. The van der Waals surface area contributed by atoms with Crippen LogP contribution in [-0.2, 0) is 24.3 Å². The van der Waals surface area contributed by atoms with Crippen molar-refractivity contribution in [1.82, 2.24) is 14.9 Å². The minimum atomic E-state index is -0.0740. The Balaban J connectivity index is 1.52. The molecular weight excluding hydrogens is 326 g/mol. The van der Waals surface area contributed by atoms with Crippen LogP contribution in [0.5, 0.6) is 0 Å². The minimum absolute atomic E-state index is 0.0740. The molecule has 2 aromatic carbocycles. The molecule has 5 nitrogen and oxygen atoms in total. The number of aromatic nitrogens is 2. The molecule has 0 fully saturated rings. The zero-order valence-electron chi connectivity index (χ0n) is 14.9. The third kappa shape index (κ3) is 4.80. The molecule has 1 N–H and O–H groups in total. The van der Waals surface area contributed by atoms with Crippen molar-refractivity contribution in [2.45, 2.75) is 19.6 Å². The SMILES string of the molecule is COCc1ccc(C(=O)NCCc2nccn2Cc2ccccc2)cc1. The maximum absolute atomic E-state index is 12.2. The number of methoxy groups -OCH3 is 1. The number of imidazole rings is 1. The second-order valence-corrected chi connectivity index (χ2v) is 6.09. The van der Waals surface area contributed by atoms with Gasteiger partial charge >= 0.3 is 0 Å². The van der Waals surface area contributed by atoms with Crippen LogP contribution in [0.15, 0.2) is 67.0 Å². The predicted octanol–water partition coefficient (Wildman–Crippen LogP) is 3.05. The van der Waals surface area contributed by atoms with Crippen molar-refractivity contribution in [3.8, 4) is 0 Å². The smallest absolute Gasteiger partial charge is 0.251 e. The average molecular weight is 349 g/mol. The lowest BCUT2D eigenvalue weighted by Crippen LogP contribution is -2.26. The fraction of sp³-hybridized carbons (Fsp3) is 0.238. The number of rotatable bonds is 8. The van der Waals surface area contributed by atoms with Crippen LogP contribution >= 0.6 is 0 Å². The maximum atomic E-state index is 12.2. The summed E-state index contributed by atoms with van der Waals surface area (Å²) in [5.74, 6) is 0.889. The summed E-state index contributed by atoms with van der Waals surface area (Å²) >= 11 is 0. The number of carbonyl (C=O) groups is 1. The molecule has 0 aliphatic heterocycles. The number of amides is 1. The van der Waals surface area contributed by atoms with E-state index in [0.717, 1.165) is 17.9 Å². The molecule has 0 bridgehead atoms. The number of nitrogens with one attached hydrogen (secondary N) is 1. The highest BCUT2D eigenvalue weighted by Gasteiger charge is 2.07. The van der Waals surface area contributed by atoms with E-state index < -0.39 is 0 Å². The molecule has 5 heteroatoms. The van der Waals surface area contributed by atoms with E-state index in [-0.39, 0.29) is 5.91 Å². The van der Waals surface area contributed by atoms with E-state index in [1.807, 2.05) is 48.7 Å². The van der Waals surface area contributed by atoms with E-state index in [9.17, 15) is 4.79 Å². The summed E-state index contributed by atoms with van der Waals surface area (Å²) in [4.78, 5) is 16.7. The van der Waals surface area contributed by atoms with Crippen LogP contribution in [0.2, 0.25) is 0 Å². The van der Waals surface area contributed by atoms with Gasteiger partial charge in [0.1, 0.15) is 5.82 Å². The van der Waals surface area contributed by atoms with E-state index in [0.29, 0.717) is 25.1 Å². The molecule has 0 radical (unpaired) electrons. The van der Waals surface area contributed by atoms with E-state index in [4.69, 9.17) is 4.74 Å². The second kappa shape index (κ2) is 8.97. The highest BCUT2D eigenvalue weighted by atomic mass is 16.5. The third-order valence-electron chi connectivity index (χ3n) is 4.16. The lowest BCUT2D eigenvalue weighted by Gasteiger charge is -2.09. The summed E-state index contributed by atoms with van der Waals surface area (Å²) in [6.07, 6.45) is 4.46. The Labute approximate surface area is 153 Å². The standard InChI is InChI=1S/C21H23N3O2/c1-26-16-18-7-9-19(10-8-18)21(25)23-12-11-20-22-13-14-24(20)15-17-5-3-2-4-6-17/h2-10,13-14H,11-12,15-16H2,1H3,(H,23,25). The minimum Gasteiger partial charge on any atom is -0.380 e. The molecule has 0 atom stereocenters. The molecule has 0 spiro atoms. The van der Waals surface area contributed by atoms with Gasteiger partial charge in [0.2, 0.25) is 0 Å². The summed E-state index contributed by atoms with van der Waals surface area (Å²) in [5.41, 5.74) is 2.93. The van der Waals surface area contributed by atoms with E-state index in [2.05, 4.69) is 27.0 Å². The Bertz CT molecular complexity index is 826. The van der Waals surface area contributed by atoms with Crippen molar-refractivity contribution < 1.29 is 9.53 Å². The normalized spacial score (nSPS) is 10.7. The van der Waals surface area contributed by atoms with Crippen molar-refractivity contribution in [3.63, 3.8) is 0 Å². The highest BCUT2D eigenvalue weighted by molar-refractivity contribution is 5.94. The van der Waals surface area contributed by atoms with E-state index in [1.165, 1.54) is 5.56 Å². The van der Waals surface area contributed by atoms with Gasteiger partial charge in [0, 0.05) is 44.6 Å². The van der Waals surface area contributed by atoms with Gasteiger partial charge < -0.3 is 14.6 Å². The maximum Gasteiger partial charge on any atom is 0.251 e. The molecule has 3 aromatic rings. The lowest BCUT2D eigenvalue weighted by molar-refractivity contribution is 0.0954. The summed E-state index contributed by atoms with van der Waals surface area (Å²) in [5, 5.41) is 2.96. The largest absolute Gasteiger partial charge is 0.380 e. The van der Waals surface area contributed by atoms with Gasteiger partial charge in [0.15, 0.2) is 0 Å². The van der Waals surface area contributed by atoms with Gasteiger partial charge in [-0.2, -0.15) is 0 Å². The van der Waals surface area contributed by atoms with Gasteiger partial charge in [-0.1, -0.05) is 42.5 Å². The van der Waals surface area contributed by atoms with Gasteiger partial charge in [0.05, 0.1) is 6.61 Å². The number of hydrogen-bond acceptors (Lipinski definition) is 3. The topological polar surface area (TPSA) is 56.1 Å². The van der Waals surface area contributed by atoms with Gasteiger partial charge in [0.25, 0.3) is 5.91 Å². The Morgan fingerprint density at radius 1 is 1.08 bits per heavy atom. The van der Waals surface area contributed by atoms with Crippen molar-refractivity contribution in [3.05, 3.63) is 89.5 Å². The first kappa shape index (κ1) is 17.9. The van der Waals surface area contributed by atoms with Crippen LogP contribution < -0.4 is 5.32 Å². The number of ether oxygens (including phenoxy) is 1. The molecule has 1 heterocycles. The van der Waals surface area contributed by atoms with Crippen LogP contribution in [0.3, 0.4) is 0 Å². The molecule has 0 unspecified atom stereocenters. The van der Waals surface area contributed by atoms with Crippen molar-refractivity contribution in [2.24, 2.45) is 0 Å². The second-order valence-electron chi connectivity index (χ2n) is 6.09. The molecule has 1 aromatic heterocycles. The molecule has 0 saturated carbocycles. The molecule has 26 heavy (non-hydrogen) atoms. The molecule has 1 amide bonds. The monoisotopic (exact) mass is 349 g/mol. The highest BCUT2D eigenvalue weighted by Crippen LogP contribution is 2.07. The molecule has 0 aliphatic rings. The quantitative estimate of drug-likeness (QED) is 0.680. The third-order valence-corrected chi connectivity index (χ3v) is 4.16.